The molecule has 170 valence electrons. The van der Waals surface area contributed by atoms with E-state index in [1.54, 1.807) is 53.4 Å². The minimum absolute atomic E-state index is 0.0274. The smallest absolute Gasteiger partial charge is 0.340 e. The van der Waals surface area contributed by atoms with Crippen LogP contribution in [0.3, 0.4) is 0 Å². The van der Waals surface area contributed by atoms with Gasteiger partial charge in [-0.15, -0.1) is 0 Å². The van der Waals surface area contributed by atoms with Gasteiger partial charge in [-0.05, 0) is 43.4 Å². The minimum Gasteiger partial charge on any atom is -0.450 e. The molecule has 4 aromatic rings. The lowest BCUT2D eigenvalue weighted by molar-refractivity contribution is -0.0242. The molecule has 6 rings (SSSR count). The van der Waals surface area contributed by atoms with Gasteiger partial charge in [-0.2, -0.15) is 0 Å². The van der Waals surface area contributed by atoms with Crippen molar-refractivity contribution in [3.63, 3.8) is 0 Å². The van der Waals surface area contributed by atoms with Crippen LogP contribution in [0.25, 0.3) is 16.7 Å². The maximum absolute atomic E-state index is 15.2. The predicted octanol–water partition coefficient (Wildman–Crippen LogP) is 4.80. The number of hydrogen-bond donors (Lipinski definition) is 1. The Morgan fingerprint density at radius 1 is 1.15 bits per heavy atom. The van der Waals surface area contributed by atoms with Crippen LogP contribution in [0.2, 0.25) is 5.02 Å². The SMILES string of the molecule is O=C1OC2(CCNCC2)c2ccc(F)c(C(=O)c3cn(-c4ccccn4)c4cc(Cl)ccc34)c21. The molecule has 8 heteroatoms. The third-order valence-electron chi connectivity index (χ3n) is 6.68. The highest BCUT2D eigenvalue weighted by atomic mass is 35.5. The highest BCUT2D eigenvalue weighted by Gasteiger charge is 2.48. The summed E-state index contributed by atoms with van der Waals surface area (Å²) in [5.74, 6) is -1.41. The summed E-state index contributed by atoms with van der Waals surface area (Å²) in [6.45, 7) is 1.34. The fourth-order valence-corrected chi connectivity index (χ4v) is 5.24. The van der Waals surface area contributed by atoms with Crippen LogP contribution in [0.15, 0.2) is 60.9 Å². The Kier molecular flexibility index (Phi) is 4.79. The number of piperidine rings is 1. The summed E-state index contributed by atoms with van der Waals surface area (Å²) in [5.41, 5.74) is 0.437. The molecule has 0 saturated carbocycles. The normalized spacial score (nSPS) is 16.6. The van der Waals surface area contributed by atoms with Gasteiger partial charge in [0.1, 0.15) is 17.2 Å². The number of nitrogens with one attached hydrogen (secondary N) is 1. The molecular weight excluding hydrogens is 457 g/mol. The molecule has 1 saturated heterocycles. The Labute approximate surface area is 199 Å². The average molecular weight is 476 g/mol. The van der Waals surface area contributed by atoms with Gasteiger partial charge in [0, 0.05) is 46.8 Å². The Bertz CT molecular complexity index is 1480. The summed E-state index contributed by atoms with van der Waals surface area (Å²) in [6.07, 6.45) is 4.40. The number of fused-ring (bicyclic) bond motifs is 3. The molecule has 2 aromatic heterocycles. The van der Waals surface area contributed by atoms with Crippen molar-refractivity contribution in [1.29, 1.82) is 0 Å². The van der Waals surface area contributed by atoms with Crippen molar-refractivity contribution < 1.29 is 18.7 Å². The number of ketones is 1. The first-order valence-corrected chi connectivity index (χ1v) is 11.4. The number of hydrogen-bond acceptors (Lipinski definition) is 5. The van der Waals surface area contributed by atoms with Gasteiger partial charge in [-0.1, -0.05) is 29.8 Å². The van der Waals surface area contributed by atoms with Crippen LogP contribution < -0.4 is 5.32 Å². The first-order chi connectivity index (χ1) is 16.5. The third kappa shape index (κ3) is 3.08. The van der Waals surface area contributed by atoms with Crippen LogP contribution in [0.1, 0.15) is 44.7 Å². The van der Waals surface area contributed by atoms with Gasteiger partial charge in [0.05, 0.1) is 16.6 Å². The van der Waals surface area contributed by atoms with E-state index in [0.717, 1.165) is 0 Å². The number of halogens is 2. The van der Waals surface area contributed by atoms with Gasteiger partial charge < -0.3 is 14.6 Å². The maximum Gasteiger partial charge on any atom is 0.340 e. The lowest BCUT2D eigenvalue weighted by Gasteiger charge is -2.33. The highest BCUT2D eigenvalue weighted by molar-refractivity contribution is 6.31. The second-order valence-corrected chi connectivity index (χ2v) is 9.01. The molecule has 0 amide bonds. The van der Waals surface area contributed by atoms with Crippen molar-refractivity contribution in [3.8, 4) is 5.82 Å². The number of carbonyl (C=O) groups excluding carboxylic acids is 2. The zero-order chi connectivity index (χ0) is 23.4. The second kappa shape index (κ2) is 7.75. The summed E-state index contributed by atoms with van der Waals surface area (Å²) < 4.78 is 22.8. The van der Waals surface area contributed by atoms with Crippen molar-refractivity contribution in [1.82, 2.24) is 14.9 Å². The fraction of sp³-hybridized carbons (Fsp3) is 0.192. The molecule has 1 spiro atoms. The monoisotopic (exact) mass is 475 g/mol. The summed E-state index contributed by atoms with van der Waals surface area (Å²) in [6, 6.07) is 13.4. The van der Waals surface area contributed by atoms with Gasteiger partial charge in [0.25, 0.3) is 0 Å². The predicted molar refractivity (Wildman–Crippen MR) is 125 cm³/mol. The standard InChI is InChI=1S/C26H19ClFN3O3/c27-15-4-5-16-17(14-31(20(16)13-15)21-3-1-2-10-30-21)24(32)23-19(28)7-6-18-22(23)25(33)34-26(18)8-11-29-12-9-26/h1-7,10,13-14,29H,8-9,11-12H2. The van der Waals surface area contributed by atoms with Crippen LogP contribution in [0, 0.1) is 5.82 Å². The highest BCUT2D eigenvalue weighted by Crippen LogP contribution is 2.45. The molecule has 0 radical (unpaired) electrons. The van der Waals surface area contributed by atoms with Crippen molar-refractivity contribution in [2.75, 3.05) is 13.1 Å². The van der Waals surface area contributed by atoms with E-state index in [0.29, 0.717) is 53.2 Å². The molecule has 0 bridgehead atoms. The third-order valence-corrected chi connectivity index (χ3v) is 6.92. The lowest BCUT2D eigenvalue weighted by Crippen LogP contribution is -2.40. The van der Waals surface area contributed by atoms with Crippen molar-refractivity contribution in [3.05, 3.63) is 94.0 Å². The summed E-state index contributed by atoms with van der Waals surface area (Å²) >= 11 is 6.24. The first kappa shape index (κ1) is 21.0. The van der Waals surface area contributed by atoms with E-state index >= 15 is 4.39 Å². The van der Waals surface area contributed by atoms with E-state index in [4.69, 9.17) is 16.3 Å². The number of carbonyl (C=O) groups is 2. The van der Waals surface area contributed by atoms with Crippen LogP contribution in [-0.4, -0.2) is 34.4 Å². The molecule has 2 aliphatic heterocycles. The molecule has 2 aliphatic rings. The van der Waals surface area contributed by atoms with E-state index in [1.807, 2.05) is 6.07 Å². The lowest BCUT2D eigenvalue weighted by atomic mass is 9.82. The topological polar surface area (TPSA) is 73.2 Å². The molecule has 2 aromatic carbocycles. The zero-order valence-electron chi connectivity index (χ0n) is 18.0. The fourth-order valence-electron chi connectivity index (χ4n) is 5.08. The van der Waals surface area contributed by atoms with Crippen LogP contribution in [-0.2, 0) is 10.3 Å². The van der Waals surface area contributed by atoms with Crippen molar-refractivity contribution in [2.45, 2.75) is 18.4 Å². The summed E-state index contributed by atoms with van der Waals surface area (Å²) in [7, 11) is 0. The summed E-state index contributed by atoms with van der Waals surface area (Å²) in [4.78, 5) is 31.2. The van der Waals surface area contributed by atoms with Crippen LogP contribution in [0.4, 0.5) is 4.39 Å². The summed E-state index contributed by atoms with van der Waals surface area (Å²) in [5, 5.41) is 4.32. The van der Waals surface area contributed by atoms with Crippen molar-refractivity contribution in [2.24, 2.45) is 0 Å². The number of nitrogens with zero attached hydrogens (tertiary/aromatic N) is 2. The number of pyridine rings is 1. The van der Waals surface area contributed by atoms with E-state index in [2.05, 4.69) is 10.3 Å². The molecular formula is C26H19ClFN3O3. The van der Waals surface area contributed by atoms with Gasteiger partial charge in [-0.25, -0.2) is 14.2 Å². The van der Waals surface area contributed by atoms with E-state index in [1.165, 1.54) is 6.07 Å². The first-order valence-electron chi connectivity index (χ1n) is 11.0. The molecule has 4 heterocycles. The second-order valence-electron chi connectivity index (χ2n) is 8.57. The van der Waals surface area contributed by atoms with E-state index in [9.17, 15) is 9.59 Å². The number of ether oxygens (including phenoxy) is 1. The van der Waals surface area contributed by atoms with Gasteiger partial charge in [0.2, 0.25) is 0 Å². The zero-order valence-corrected chi connectivity index (χ0v) is 18.7. The Hall–Kier alpha value is -3.55. The molecule has 1 fully saturated rings. The number of benzene rings is 2. The van der Waals surface area contributed by atoms with Crippen LogP contribution in [0.5, 0.6) is 0 Å². The minimum atomic E-state index is -0.824. The molecule has 0 atom stereocenters. The Balaban J connectivity index is 1.56. The Morgan fingerprint density at radius 3 is 2.74 bits per heavy atom. The Morgan fingerprint density at radius 2 is 1.97 bits per heavy atom. The van der Waals surface area contributed by atoms with Crippen LogP contribution >= 0.6 is 11.6 Å². The largest absolute Gasteiger partial charge is 0.450 e. The quantitative estimate of drug-likeness (QED) is 0.340. The number of esters is 1. The van der Waals surface area contributed by atoms with Gasteiger partial charge in [0.15, 0.2) is 5.78 Å². The van der Waals surface area contributed by atoms with Gasteiger partial charge in [-0.3, -0.25) is 4.79 Å². The van der Waals surface area contributed by atoms with Crippen molar-refractivity contribution >= 4 is 34.3 Å². The number of rotatable bonds is 3. The molecule has 34 heavy (non-hydrogen) atoms. The molecule has 6 nitrogen and oxygen atoms in total. The maximum atomic E-state index is 15.2. The molecule has 0 aliphatic carbocycles. The van der Waals surface area contributed by atoms with E-state index < -0.39 is 23.2 Å². The van der Waals surface area contributed by atoms with E-state index in [-0.39, 0.29) is 16.7 Å². The number of aromatic nitrogens is 2. The molecule has 0 unspecified atom stereocenters. The average Bonchev–Trinajstić information content (AvgIpc) is 3.35. The van der Waals surface area contributed by atoms with Gasteiger partial charge >= 0.3 is 5.97 Å². The molecule has 1 N–H and O–H groups in total.